The first-order valence-corrected chi connectivity index (χ1v) is 6.57. The standard InChI is InChI=1S/C14H19BF4/c1-5-14(15,6-2)9-12(18)10(16)8(7(3)4)11(17)13(9)19/h7H,5-6,15H2,1-4H3. The lowest BCUT2D eigenvalue weighted by Gasteiger charge is -2.29. The van der Waals surface area contributed by atoms with E-state index in [-0.39, 0.29) is 0 Å². The molecule has 0 spiro atoms. The molecule has 0 amide bonds. The molecule has 0 nitrogen and oxygen atoms in total. The predicted molar refractivity (Wildman–Crippen MR) is 71.2 cm³/mol. The quantitative estimate of drug-likeness (QED) is 0.442. The van der Waals surface area contributed by atoms with Gasteiger partial charge in [0.25, 0.3) is 0 Å². The molecule has 0 bridgehead atoms. The number of hydrogen-bond donors (Lipinski definition) is 0. The molecule has 0 heterocycles. The molecule has 5 heteroatoms. The van der Waals surface area contributed by atoms with Crippen molar-refractivity contribution in [1.29, 1.82) is 0 Å². The summed E-state index contributed by atoms with van der Waals surface area (Å²) in [5.41, 5.74) is -0.995. The fraction of sp³-hybridized carbons (Fsp3) is 0.571. The van der Waals surface area contributed by atoms with Crippen LogP contribution in [0.15, 0.2) is 0 Å². The second-order valence-electron chi connectivity index (χ2n) is 5.47. The molecule has 0 radical (unpaired) electrons. The Labute approximate surface area is 112 Å². The Morgan fingerprint density at radius 2 is 1.26 bits per heavy atom. The molecule has 0 saturated carbocycles. The summed E-state index contributed by atoms with van der Waals surface area (Å²) in [6, 6.07) is 0. The van der Waals surface area contributed by atoms with Gasteiger partial charge in [-0.25, -0.2) is 17.6 Å². The van der Waals surface area contributed by atoms with Gasteiger partial charge in [0.05, 0.1) is 0 Å². The van der Waals surface area contributed by atoms with E-state index in [0.717, 1.165) is 0 Å². The average molecular weight is 274 g/mol. The fourth-order valence-corrected chi connectivity index (χ4v) is 2.29. The SMILES string of the molecule is BC(CC)(CC)c1c(F)c(F)c(C(C)C)c(F)c1F. The van der Waals surface area contributed by atoms with Crippen LogP contribution in [0, 0.1) is 23.3 Å². The molecule has 1 aromatic carbocycles. The Bertz CT molecular complexity index is 450. The maximum Gasteiger partial charge on any atom is 0.165 e. The monoisotopic (exact) mass is 274 g/mol. The first-order valence-electron chi connectivity index (χ1n) is 6.57. The van der Waals surface area contributed by atoms with E-state index in [2.05, 4.69) is 0 Å². The molecule has 0 aliphatic heterocycles. The third-order valence-corrected chi connectivity index (χ3v) is 4.04. The number of benzene rings is 1. The van der Waals surface area contributed by atoms with Crippen molar-refractivity contribution >= 4 is 7.85 Å². The van der Waals surface area contributed by atoms with Crippen LogP contribution in [0.25, 0.3) is 0 Å². The molecule has 19 heavy (non-hydrogen) atoms. The number of halogens is 4. The molecular weight excluding hydrogens is 255 g/mol. The lowest BCUT2D eigenvalue weighted by Crippen LogP contribution is -2.29. The van der Waals surface area contributed by atoms with Crippen molar-refractivity contribution in [3.8, 4) is 0 Å². The van der Waals surface area contributed by atoms with Crippen molar-refractivity contribution in [2.45, 2.75) is 51.8 Å². The van der Waals surface area contributed by atoms with Crippen LogP contribution in [0.4, 0.5) is 17.6 Å². The Morgan fingerprint density at radius 1 is 0.895 bits per heavy atom. The summed E-state index contributed by atoms with van der Waals surface area (Å²) in [7, 11) is 1.61. The topological polar surface area (TPSA) is 0 Å². The van der Waals surface area contributed by atoms with Crippen LogP contribution < -0.4 is 0 Å². The summed E-state index contributed by atoms with van der Waals surface area (Å²) in [4.78, 5) is 0. The van der Waals surface area contributed by atoms with Crippen LogP contribution in [0.5, 0.6) is 0 Å². The highest BCUT2D eigenvalue weighted by atomic mass is 19.2. The lowest BCUT2D eigenvalue weighted by molar-refractivity contribution is 0.392. The van der Waals surface area contributed by atoms with Gasteiger partial charge in [-0.2, -0.15) is 0 Å². The highest BCUT2D eigenvalue weighted by molar-refractivity contribution is 6.15. The van der Waals surface area contributed by atoms with Gasteiger partial charge < -0.3 is 0 Å². The van der Waals surface area contributed by atoms with Crippen LogP contribution in [0.1, 0.15) is 57.6 Å². The van der Waals surface area contributed by atoms with Crippen LogP contribution in [0.2, 0.25) is 0 Å². The molecule has 0 saturated heterocycles. The van der Waals surface area contributed by atoms with Crippen molar-refractivity contribution in [3.05, 3.63) is 34.4 Å². The summed E-state index contributed by atoms with van der Waals surface area (Å²) in [6.45, 7) is 6.49. The third-order valence-electron chi connectivity index (χ3n) is 4.04. The maximum atomic E-state index is 14.2. The molecular formula is C14H19BF4. The predicted octanol–water partition coefficient (Wildman–Crippen LogP) is 4.01. The molecule has 0 aliphatic rings. The molecule has 0 unspecified atom stereocenters. The Balaban J connectivity index is 3.71. The zero-order chi connectivity index (χ0) is 15.0. The number of rotatable bonds is 4. The van der Waals surface area contributed by atoms with Gasteiger partial charge in [0, 0.05) is 11.1 Å². The van der Waals surface area contributed by atoms with E-state index in [0.29, 0.717) is 12.8 Å². The van der Waals surface area contributed by atoms with E-state index >= 15 is 0 Å². The van der Waals surface area contributed by atoms with Gasteiger partial charge in [-0.3, -0.25) is 0 Å². The van der Waals surface area contributed by atoms with Gasteiger partial charge >= 0.3 is 0 Å². The Hall–Kier alpha value is -0.995. The first kappa shape index (κ1) is 16.1. The molecule has 1 rings (SSSR count). The zero-order valence-corrected chi connectivity index (χ0v) is 12.0. The van der Waals surface area contributed by atoms with Gasteiger partial charge in [-0.15, -0.1) is 0 Å². The molecule has 0 N–H and O–H groups in total. The van der Waals surface area contributed by atoms with E-state index in [1.807, 2.05) is 0 Å². The normalized spacial score (nSPS) is 12.3. The summed E-state index contributed by atoms with van der Waals surface area (Å²) in [5, 5.41) is -0.911. The summed E-state index contributed by atoms with van der Waals surface area (Å²) < 4.78 is 56.3. The van der Waals surface area contributed by atoms with Crippen LogP contribution in [-0.2, 0) is 5.31 Å². The highest BCUT2D eigenvalue weighted by Crippen LogP contribution is 2.37. The highest BCUT2D eigenvalue weighted by Gasteiger charge is 2.35. The Kier molecular flexibility index (Phi) is 4.69. The second-order valence-corrected chi connectivity index (χ2v) is 5.47. The first-order chi connectivity index (χ1) is 8.71. The van der Waals surface area contributed by atoms with Gasteiger partial charge in [0.2, 0.25) is 0 Å². The van der Waals surface area contributed by atoms with Gasteiger partial charge in [-0.05, 0) is 11.2 Å². The molecule has 106 valence electrons. The third kappa shape index (κ3) is 2.52. The van der Waals surface area contributed by atoms with Gasteiger partial charge in [-0.1, -0.05) is 40.5 Å². The summed E-state index contributed by atoms with van der Waals surface area (Å²) in [5.74, 6) is -5.66. The van der Waals surface area contributed by atoms with E-state index in [4.69, 9.17) is 0 Å². The molecule has 0 fully saturated rings. The minimum absolute atomic E-state index is 0.400. The summed E-state index contributed by atoms with van der Waals surface area (Å²) in [6.07, 6.45) is 0.800. The van der Waals surface area contributed by atoms with Crippen molar-refractivity contribution < 1.29 is 17.6 Å². The minimum Gasteiger partial charge on any atom is -0.203 e. The van der Waals surface area contributed by atoms with Crippen LogP contribution >= 0.6 is 0 Å². The van der Waals surface area contributed by atoms with Gasteiger partial charge in [0.1, 0.15) is 7.85 Å². The number of hydrogen-bond acceptors (Lipinski definition) is 0. The van der Waals surface area contributed by atoms with Crippen molar-refractivity contribution in [1.82, 2.24) is 0 Å². The average Bonchev–Trinajstić information content (AvgIpc) is 2.36. The smallest absolute Gasteiger partial charge is 0.165 e. The fourth-order valence-electron chi connectivity index (χ4n) is 2.29. The molecule has 0 atom stereocenters. The lowest BCUT2D eigenvalue weighted by atomic mass is 9.60. The van der Waals surface area contributed by atoms with E-state index < -0.39 is 45.6 Å². The van der Waals surface area contributed by atoms with Crippen molar-refractivity contribution in [2.75, 3.05) is 0 Å². The van der Waals surface area contributed by atoms with Crippen LogP contribution in [-0.4, -0.2) is 7.85 Å². The molecule has 0 aromatic heterocycles. The largest absolute Gasteiger partial charge is 0.203 e. The van der Waals surface area contributed by atoms with E-state index in [1.165, 1.54) is 13.8 Å². The van der Waals surface area contributed by atoms with Crippen molar-refractivity contribution in [3.63, 3.8) is 0 Å². The zero-order valence-electron chi connectivity index (χ0n) is 12.0. The minimum atomic E-state index is -1.27. The van der Waals surface area contributed by atoms with Crippen LogP contribution in [0.3, 0.4) is 0 Å². The second kappa shape index (κ2) is 5.55. The summed E-state index contributed by atoms with van der Waals surface area (Å²) >= 11 is 0. The maximum absolute atomic E-state index is 14.2. The van der Waals surface area contributed by atoms with Gasteiger partial charge in [0.15, 0.2) is 23.3 Å². The Morgan fingerprint density at radius 3 is 1.53 bits per heavy atom. The van der Waals surface area contributed by atoms with Crippen molar-refractivity contribution in [2.24, 2.45) is 0 Å². The molecule has 0 aliphatic carbocycles. The van der Waals surface area contributed by atoms with E-state index in [9.17, 15) is 17.6 Å². The van der Waals surface area contributed by atoms with E-state index in [1.54, 1.807) is 21.7 Å². The molecule has 1 aromatic rings.